The number of carboxylic acids is 1. The van der Waals surface area contributed by atoms with Gasteiger partial charge in [-0.2, -0.15) is 0 Å². The van der Waals surface area contributed by atoms with Crippen molar-refractivity contribution in [2.75, 3.05) is 36.0 Å². The molecule has 0 radical (unpaired) electrons. The SMILES string of the molecule is CC(=O)CC[C@H]1CN(c2ccc(C3CN(c4cc5c(cc4F)c(=O)c(C(=O)O)cn5C4CC4)CC3CN)c(F)c2)C(=O)O1. The first-order valence-electron chi connectivity index (χ1n) is 14.4. The van der Waals surface area contributed by atoms with Crippen LogP contribution in [0.5, 0.6) is 0 Å². The molecule has 3 N–H and O–H groups in total. The Hall–Kier alpha value is -4.32. The maximum absolute atomic E-state index is 15.6. The highest BCUT2D eigenvalue weighted by Gasteiger charge is 2.38. The van der Waals surface area contributed by atoms with Crippen LogP contribution in [0.2, 0.25) is 0 Å². The molecule has 10 nitrogen and oxygen atoms in total. The number of anilines is 2. The van der Waals surface area contributed by atoms with Crippen molar-refractivity contribution in [3.63, 3.8) is 0 Å². The van der Waals surface area contributed by atoms with Gasteiger partial charge >= 0.3 is 12.1 Å². The molecule has 3 aromatic rings. The van der Waals surface area contributed by atoms with Gasteiger partial charge in [0.05, 0.1) is 23.4 Å². The number of nitrogens with two attached hydrogens (primary N) is 1. The number of carbonyl (C=O) groups is 3. The lowest BCUT2D eigenvalue weighted by Gasteiger charge is -2.22. The van der Waals surface area contributed by atoms with Crippen molar-refractivity contribution in [2.24, 2.45) is 11.7 Å². The van der Waals surface area contributed by atoms with Crippen LogP contribution in [0.3, 0.4) is 0 Å². The molecule has 3 heterocycles. The van der Waals surface area contributed by atoms with E-state index in [0.29, 0.717) is 29.7 Å². The Morgan fingerprint density at radius 3 is 2.49 bits per heavy atom. The number of benzene rings is 2. The Bertz CT molecular complexity index is 1700. The molecule has 226 valence electrons. The van der Waals surface area contributed by atoms with E-state index in [0.717, 1.165) is 18.9 Å². The molecule has 2 aromatic carbocycles. The first-order valence-corrected chi connectivity index (χ1v) is 14.4. The highest BCUT2D eigenvalue weighted by atomic mass is 19.1. The number of nitrogens with zero attached hydrogens (tertiary/aromatic N) is 3. The topological polar surface area (TPSA) is 135 Å². The molecule has 3 atom stereocenters. The van der Waals surface area contributed by atoms with E-state index in [2.05, 4.69) is 0 Å². The number of aromatic carboxylic acids is 1. The van der Waals surface area contributed by atoms with Gasteiger partial charge in [0.25, 0.3) is 0 Å². The van der Waals surface area contributed by atoms with Gasteiger partial charge in [-0.1, -0.05) is 6.07 Å². The predicted octanol–water partition coefficient (Wildman–Crippen LogP) is 4.19. The van der Waals surface area contributed by atoms with Crippen LogP contribution in [-0.2, 0) is 9.53 Å². The van der Waals surface area contributed by atoms with E-state index in [4.69, 9.17) is 10.5 Å². The lowest BCUT2D eigenvalue weighted by atomic mass is 9.88. The van der Waals surface area contributed by atoms with Crippen molar-refractivity contribution < 1.29 is 33.0 Å². The second kappa shape index (κ2) is 11.1. The maximum atomic E-state index is 15.6. The van der Waals surface area contributed by atoms with E-state index in [1.807, 2.05) is 0 Å². The first kappa shape index (κ1) is 28.8. The zero-order valence-corrected chi connectivity index (χ0v) is 23.6. The third-order valence-corrected chi connectivity index (χ3v) is 8.74. The molecule has 0 bridgehead atoms. The van der Waals surface area contributed by atoms with E-state index in [1.54, 1.807) is 27.7 Å². The number of cyclic esters (lactones) is 1. The summed E-state index contributed by atoms with van der Waals surface area (Å²) >= 11 is 0. The number of rotatable bonds is 9. The summed E-state index contributed by atoms with van der Waals surface area (Å²) in [6.45, 7) is 2.53. The van der Waals surface area contributed by atoms with Crippen LogP contribution in [0.15, 0.2) is 41.3 Å². The third kappa shape index (κ3) is 5.35. The zero-order chi connectivity index (χ0) is 30.6. The summed E-state index contributed by atoms with van der Waals surface area (Å²) in [5.74, 6) is -3.13. The quantitative estimate of drug-likeness (QED) is 0.377. The lowest BCUT2D eigenvalue weighted by Crippen LogP contribution is -2.25. The van der Waals surface area contributed by atoms with Crippen molar-refractivity contribution >= 4 is 40.1 Å². The van der Waals surface area contributed by atoms with Gasteiger partial charge in [-0.15, -0.1) is 0 Å². The van der Waals surface area contributed by atoms with Gasteiger partial charge in [-0.3, -0.25) is 9.69 Å². The van der Waals surface area contributed by atoms with Crippen molar-refractivity contribution in [2.45, 2.75) is 50.7 Å². The zero-order valence-electron chi connectivity index (χ0n) is 23.6. The minimum Gasteiger partial charge on any atom is -0.477 e. The molecule has 1 amide bonds. The number of ketones is 1. The number of hydrogen-bond acceptors (Lipinski definition) is 7. The fourth-order valence-electron chi connectivity index (χ4n) is 6.30. The molecular weight excluding hydrogens is 562 g/mol. The van der Waals surface area contributed by atoms with Gasteiger partial charge in [0.2, 0.25) is 5.43 Å². The van der Waals surface area contributed by atoms with Crippen molar-refractivity contribution in [1.29, 1.82) is 0 Å². The number of Topliss-reactive ketones (excluding diaryl/α,β-unsaturated/α-hetero) is 1. The highest BCUT2D eigenvalue weighted by molar-refractivity contribution is 5.94. The molecule has 2 unspecified atom stereocenters. The van der Waals surface area contributed by atoms with Gasteiger partial charge < -0.3 is 29.8 Å². The number of pyridine rings is 1. The molecule has 6 rings (SSSR count). The van der Waals surface area contributed by atoms with Crippen LogP contribution >= 0.6 is 0 Å². The standard InChI is InChI=1S/C31H32F2N4O6/c1-16(38)2-6-20-13-37(31(42)43-20)19-5-7-21(25(32)8-19)23-14-35(12-17(23)11-34)28-10-27-22(9-26(28)33)29(39)24(30(40)41)15-36(27)18-3-4-18/h5,7-10,15,17-18,20,23H,2-4,6,11-14,34H2,1H3,(H,40,41)/t17?,20-,23?/m0/s1. The fourth-order valence-corrected chi connectivity index (χ4v) is 6.30. The Labute approximate surface area is 245 Å². The number of carboxylic acid groups (broad SMARTS) is 1. The average molecular weight is 595 g/mol. The normalized spacial score (nSPS) is 22.0. The summed E-state index contributed by atoms with van der Waals surface area (Å²) in [4.78, 5) is 51.4. The summed E-state index contributed by atoms with van der Waals surface area (Å²) in [5, 5.41) is 9.52. The molecule has 43 heavy (non-hydrogen) atoms. The minimum atomic E-state index is -1.36. The van der Waals surface area contributed by atoms with Crippen LogP contribution in [0, 0.1) is 17.6 Å². The van der Waals surface area contributed by atoms with E-state index in [1.165, 1.54) is 24.1 Å². The van der Waals surface area contributed by atoms with Gasteiger partial charge in [0, 0.05) is 43.1 Å². The smallest absolute Gasteiger partial charge is 0.414 e. The molecular formula is C31H32F2N4O6. The van der Waals surface area contributed by atoms with Crippen LogP contribution < -0.4 is 21.0 Å². The fraction of sp³-hybridized carbons (Fsp3) is 0.419. The monoisotopic (exact) mass is 594 g/mol. The Morgan fingerprint density at radius 1 is 1.07 bits per heavy atom. The summed E-state index contributed by atoms with van der Waals surface area (Å²) in [6.07, 6.45) is 2.63. The van der Waals surface area contributed by atoms with Gasteiger partial charge in [-0.05, 0) is 68.5 Å². The predicted molar refractivity (Wildman–Crippen MR) is 155 cm³/mol. The van der Waals surface area contributed by atoms with Crippen molar-refractivity contribution in [3.05, 3.63) is 69.5 Å². The molecule has 1 aliphatic carbocycles. The Kier molecular flexibility index (Phi) is 7.41. The maximum Gasteiger partial charge on any atom is 0.414 e. The van der Waals surface area contributed by atoms with Gasteiger partial charge in [0.15, 0.2) is 0 Å². The molecule has 3 fully saturated rings. The lowest BCUT2D eigenvalue weighted by molar-refractivity contribution is -0.117. The molecule has 2 saturated heterocycles. The van der Waals surface area contributed by atoms with Crippen LogP contribution in [-0.4, -0.2) is 59.8 Å². The van der Waals surface area contributed by atoms with Gasteiger partial charge in [0.1, 0.15) is 29.1 Å². The van der Waals surface area contributed by atoms with E-state index in [9.17, 15) is 24.3 Å². The van der Waals surface area contributed by atoms with Crippen LogP contribution in [0.4, 0.5) is 25.0 Å². The summed E-state index contributed by atoms with van der Waals surface area (Å²) in [6, 6.07) is 7.25. The van der Waals surface area contributed by atoms with Crippen molar-refractivity contribution in [1.82, 2.24) is 4.57 Å². The highest BCUT2D eigenvalue weighted by Crippen LogP contribution is 2.41. The summed E-state index contributed by atoms with van der Waals surface area (Å²) in [7, 11) is 0. The number of hydrogen-bond donors (Lipinski definition) is 2. The largest absolute Gasteiger partial charge is 0.477 e. The van der Waals surface area contributed by atoms with E-state index in [-0.39, 0.29) is 60.8 Å². The third-order valence-electron chi connectivity index (χ3n) is 8.74. The molecule has 1 saturated carbocycles. The van der Waals surface area contributed by atoms with E-state index >= 15 is 8.78 Å². The second-order valence-electron chi connectivity index (χ2n) is 11.7. The molecule has 3 aliphatic rings. The molecule has 0 spiro atoms. The number of ether oxygens (including phenoxy) is 1. The van der Waals surface area contributed by atoms with Crippen molar-refractivity contribution in [3.8, 4) is 0 Å². The number of fused-ring (bicyclic) bond motifs is 1. The molecule has 1 aromatic heterocycles. The van der Waals surface area contributed by atoms with E-state index < -0.39 is 40.8 Å². The summed E-state index contributed by atoms with van der Waals surface area (Å²) < 4.78 is 38.3. The molecule has 2 aliphatic heterocycles. The first-order chi connectivity index (χ1) is 20.5. The second-order valence-corrected chi connectivity index (χ2v) is 11.7. The number of amides is 1. The van der Waals surface area contributed by atoms with Gasteiger partial charge in [-0.25, -0.2) is 18.4 Å². The Morgan fingerprint density at radius 2 is 1.84 bits per heavy atom. The Balaban J connectivity index is 1.28. The van der Waals surface area contributed by atoms with Crippen LogP contribution in [0.25, 0.3) is 10.9 Å². The summed E-state index contributed by atoms with van der Waals surface area (Å²) in [5.41, 5.74) is 6.38. The van der Waals surface area contributed by atoms with Crippen LogP contribution in [0.1, 0.15) is 60.5 Å². The average Bonchev–Trinajstić information content (AvgIpc) is 3.61. The minimum absolute atomic E-state index is 0.00174. The molecule has 12 heteroatoms. The number of halogens is 2. The number of aromatic nitrogens is 1. The number of carbonyl (C=O) groups excluding carboxylic acids is 2.